The van der Waals surface area contributed by atoms with Crippen molar-refractivity contribution in [3.63, 3.8) is 0 Å². The van der Waals surface area contributed by atoms with E-state index in [-0.39, 0.29) is 0 Å². The minimum absolute atomic E-state index is 0.634. The van der Waals surface area contributed by atoms with Crippen LogP contribution in [0.4, 0.5) is 0 Å². The zero-order valence-electron chi connectivity index (χ0n) is 6.01. The third-order valence-electron chi connectivity index (χ3n) is 1.34. The van der Waals surface area contributed by atoms with Gasteiger partial charge in [0, 0.05) is 11.3 Å². The van der Waals surface area contributed by atoms with Crippen LogP contribution < -0.4 is 0 Å². The number of unbranched alkanes of at least 4 members (excludes halogenated alkanes) is 1. The topological polar surface area (TPSA) is 23.8 Å². The quantitative estimate of drug-likeness (QED) is 0.664. The van der Waals surface area contributed by atoms with Crippen LogP contribution in [0.25, 0.3) is 0 Å². The lowest BCUT2D eigenvalue weighted by molar-refractivity contribution is 0.863. The molecule has 0 N–H and O–H groups in total. The Kier molecular flexibility index (Phi) is 3.41. The molecule has 1 aromatic rings. The van der Waals surface area contributed by atoms with Gasteiger partial charge in [-0.3, -0.25) is 0 Å². The zero-order valence-corrected chi connectivity index (χ0v) is 7.58. The number of nitriles is 1. The maximum absolute atomic E-state index is 8.28. The molecule has 3 heteroatoms. The first-order chi connectivity index (χ1) is 5.33. The first kappa shape index (κ1) is 8.58. The molecule has 0 aliphatic heterocycles. The highest BCUT2D eigenvalue weighted by atomic mass is 35.5. The van der Waals surface area contributed by atoms with E-state index in [1.165, 1.54) is 4.88 Å². The fourth-order valence-electron chi connectivity index (χ4n) is 0.828. The summed E-state index contributed by atoms with van der Waals surface area (Å²) in [6.07, 6.45) is 2.55. The minimum Gasteiger partial charge on any atom is -0.198 e. The highest BCUT2D eigenvalue weighted by molar-refractivity contribution is 7.16. The Labute approximate surface area is 75.2 Å². The maximum atomic E-state index is 8.28. The van der Waals surface area contributed by atoms with Crippen molar-refractivity contribution in [2.24, 2.45) is 0 Å². The van der Waals surface area contributed by atoms with Gasteiger partial charge in [0.05, 0.1) is 10.4 Å². The number of rotatable bonds is 3. The van der Waals surface area contributed by atoms with E-state index in [0.29, 0.717) is 6.42 Å². The molecule has 0 spiro atoms. The molecule has 0 saturated carbocycles. The van der Waals surface area contributed by atoms with Crippen molar-refractivity contribution < 1.29 is 0 Å². The van der Waals surface area contributed by atoms with E-state index in [9.17, 15) is 0 Å². The molecule has 0 radical (unpaired) electrons. The monoisotopic (exact) mass is 185 g/mol. The molecule has 1 rings (SSSR count). The number of thiophene rings is 1. The van der Waals surface area contributed by atoms with Crippen molar-refractivity contribution in [3.8, 4) is 6.07 Å². The lowest BCUT2D eigenvalue weighted by atomic mass is 10.2. The van der Waals surface area contributed by atoms with E-state index in [1.54, 1.807) is 11.3 Å². The number of aryl methyl sites for hydroxylation is 1. The molecule has 0 amide bonds. The lowest BCUT2D eigenvalue weighted by Gasteiger charge is -1.89. The summed E-state index contributed by atoms with van der Waals surface area (Å²) >= 11 is 7.32. The summed E-state index contributed by atoms with van der Waals surface area (Å²) in [5, 5.41) is 8.28. The number of hydrogen-bond donors (Lipinski definition) is 0. The Morgan fingerprint density at radius 2 is 2.36 bits per heavy atom. The van der Waals surface area contributed by atoms with Gasteiger partial charge in [0.15, 0.2) is 0 Å². The summed E-state index contributed by atoms with van der Waals surface area (Å²) < 4.78 is 0.831. The van der Waals surface area contributed by atoms with Crippen LogP contribution in [0, 0.1) is 11.3 Å². The predicted octanol–water partition coefficient (Wildman–Crippen LogP) is 3.25. The minimum atomic E-state index is 0.634. The van der Waals surface area contributed by atoms with Crippen LogP contribution in [0.3, 0.4) is 0 Å². The van der Waals surface area contributed by atoms with Crippen molar-refractivity contribution >= 4 is 22.9 Å². The smallest absolute Gasteiger partial charge is 0.0931 e. The largest absolute Gasteiger partial charge is 0.198 e. The molecule has 0 saturated heterocycles. The van der Waals surface area contributed by atoms with Crippen molar-refractivity contribution in [2.45, 2.75) is 19.3 Å². The number of nitrogens with zero attached hydrogens (tertiary/aromatic N) is 1. The average Bonchev–Trinajstić information content (AvgIpc) is 2.37. The van der Waals surface area contributed by atoms with Gasteiger partial charge in [-0.1, -0.05) is 11.6 Å². The van der Waals surface area contributed by atoms with Gasteiger partial charge in [0.25, 0.3) is 0 Å². The molecule has 0 aliphatic carbocycles. The van der Waals surface area contributed by atoms with E-state index in [4.69, 9.17) is 16.9 Å². The van der Waals surface area contributed by atoms with Crippen LogP contribution in [-0.4, -0.2) is 0 Å². The summed E-state index contributed by atoms with van der Waals surface area (Å²) in [5.41, 5.74) is 0. The summed E-state index contributed by atoms with van der Waals surface area (Å²) in [7, 11) is 0. The molecule has 0 fully saturated rings. The maximum Gasteiger partial charge on any atom is 0.0931 e. The summed E-state index contributed by atoms with van der Waals surface area (Å²) in [6.45, 7) is 0. The van der Waals surface area contributed by atoms with Gasteiger partial charge in [-0.05, 0) is 25.0 Å². The number of halogens is 1. The molecule has 1 nitrogen and oxygen atoms in total. The average molecular weight is 186 g/mol. The summed E-state index contributed by atoms with van der Waals surface area (Å²) in [5.74, 6) is 0. The lowest BCUT2D eigenvalue weighted by Crippen LogP contribution is -1.77. The van der Waals surface area contributed by atoms with E-state index < -0.39 is 0 Å². The molecule has 58 valence electrons. The Bertz CT molecular complexity index is 261. The van der Waals surface area contributed by atoms with Crippen molar-refractivity contribution in [1.82, 2.24) is 0 Å². The van der Waals surface area contributed by atoms with E-state index in [2.05, 4.69) is 6.07 Å². The molecule has 0 atom stereocenters. The first-order valence-corrected chi connectivity index (χ1v) is 4.63. The van der Waals surface area contributed by atoms with Crippen molar-refractivity contribution in [2.75, 3.05) is 0 Å². The third kappa shape index (κ3) is 2.92. The van der Waals surface area contributed by atoms with Gasteiger partial charge < -0.3 is 0 Å². The Balaban J connectivity index is 2.34. The van der Waals surface area contributed by atoms with Gasteiger partial charge in [0.1, 0.15) is 0 Å². The summed E-state index contributed by atoms with van der Waals surface area (Å²) in [6, 6.07) is 6.03. The first-order valence-electron chi connectivity index (χ1n) is 3.44. The predicted molar refractivity (Wildman–Crippen MR) is 47.9 cm³/mol. The van der Waals surface area contributed by atoms with Gasteiger partial charge >= 0.3 is 0 Å². The fraction of sp³-hybridized carbons (Fsp3) is 0.375. The zero-order chi connectivity index (χ0) is 8.10. The van der Waals surface area contributed by atoms with Crippen LogP contribution in [0.1, 0.15) is 17.7 Å². The Morgan fingerprint density at radius 1 is 1.55 bits per heavy atom. The number of hydrogen-bond acceptors (Lipinski definition) is 2. The molecule has 1 aromatic heterocycles. The molecule has 0 aromatic carbocycles. The van der Waals surface area contributed by atoms with Crippen LogP contribution in [0.2, 0.25) is 4.34 Å². The Morgan fingerprint density at radius 3 is 2.91 bits per heavy atom. The third-order valence-corrected chi connectivity index (χ3v) is 2.63. The normalized spacial score (nSPS) is 9.45. The Hall–Kier alpha value is -0.520. The molecular formula is C8H8ClNS. The molecule has 0 bridgehead atoms. The van der Waals surface area contributed by atoms with Gasteiger partial charge in [0.2, 0.25) is 0 Å². The van der Waals surface area contributed by atoms with Crippen LogP contribution in [0.15, 0.2) is 12.1 Å². The van der Waals surface area contributed by atoms with Crippen LogP contribution >= 0.6 is 22.9 Å². The fourth-order valence-corrected chi connectivity index (χ4v) is 1.96. The molecule has 1 heterocycles. The highest BCUT2D eigenvalue weighted by Crippen LogP contribution is 2.22. The van der Waals surface area contributed by atoms with E-state index in [0.717, 1.165) is 17.2 Å². The standard InChI is InChI=1S/C8H8ClNS/c9-8-5-4-7(11-8)3-1-2-6-10/h4-5H,1-3H2. The van der Waals surface area contributed by atoms with Gasteiger partial charge in [-0.15, -0.1) is 11.3 Å². The van der Waals surface area contributed by atoms with Crippen LogP contribution in [0.5, 0.6) is 0 Å². The second kappa shape index (κ2) is 4.38. The van der Waals surface area contributed by atoms with Crippen molar-refractivity contribution in [3.05, 3.63) is 21.3 Å². The molecular weight excluding hydrogens is 178 g/mol. The second-order valence-electron chi connectivity index (χ2n) is 2.22. The van der Waals surface area contributed by atoms with E-state index in [1.807, 2.05) is 12.1 Å². The molecule has 0 aliphatic rings. The van der Waals surface area contributed by atoms with Gasteiger partial charge in [-0.25, -0.2) is 0 Å². The highest BCUT2D eigenvalue weighted by Gasteiger charge is 1.96. The van der Waals surface area contributed by atoms with Crippen molar-refractivity contribution in [1.29, 1.82) is 5.26 Å². The molecule has 11 heavy (non-hydrogen) atoms. The van der Waals surface area contributed by atoms with Crippen LogP contribution in [-0.2, 0) is 6.42 Å². The SMILES string of the molecule is N#CCCCc1ccc(Cl)s1. The van der Waals surface area contributed by atoms with E-state index >= 15 is 0 Å². The summed E-state index contributed by atoms with van der Waals surface area (Å²) in [4.78, 5) is 1.27. The second-order valence-corrected chi connectivity index (χ2v) is 4.02. The van der Waals surface area contributed by atoms with Gasteiger partial charge in [-0.2, -0.15) is 5.26 Å². The molecule has 0 unspecified atom stereocenters.